The summed E-state index contributed by atoms with van der Waals surface area (Å²) in [6.07, 6.45) is -0.0298. The molecule has 0 fully saturated rings. The SMILES string of the molecule is O=C(COC(=O)CCN1C(=O)CSc2ccccc21)Nc1cccc(F)c1. The first-order valence-corrected chi connectivity index (χ1v) is 9.25. The van der Waals surface area contributed by atoms with Crippen molar-refractivity contribution < 1.29 is 23.5 Å². The van der Waals surface area contributed by atoms with Gasteiger partial charge in [-0.3, -0.25) is 14.4 Å². The van der Waals surface area contributed by atoms with E-state index < -0.39 is 24.3 Å². The molecule has 1 aliphatic rings. The number of amides is 2. The second kappa shape index (κ2) is 8.68. The van der Waals surface area contributed by atoms with Crippen molar-refractivity contribution in [3.05, 3.63) is 54.3 Å². The number of hydrogen-bond acceptors (Lipinski definition) is 5. The molecule has 0 atom stereocenters. The lowest BCUT2D eigenvalue weighted by atomic mass is 10.2. The number of fused-ring (bicyclic) bond motifs is 1. The number of esters is 1. The van der Waals surface area contributed by atoms with Crippen molar-refractivity contribution in [2.45, 2.75) is 11.3 Å². The van der Waals surface area contributed by atoms with Crippen LogP contribution in [-0.4, -0.2) is 36.7 Å². The highest BCUT2D eigenvalue weighted by molar-refractivity contribution is 8.00. The molecule has 1 heterocycles. The minimum Gasteiger partial charge on any atom is -0.456 e. The molecule has 1 N–H and O–H groups in total. The number of carbonyl (C=O) groups is 3. The summed E-state index contributed by atoms with van der Waals surface area (Å²) in [5.41, 5.74) is 1.06. The molecule has 27 heavy (non-hydrogen) atoms. The van der Waals surface area contributed by atoms with Crippen LogP contribution in [0.1, 0.15) is 6.42 Å². The second-order valence-corrected chi connectivity index (χ2v) is 6.79. The van der Waals surface area contributed by atoms with E-state index in [4.69, 9.17) is 4.74 Å². The van der Waals surface area contributed by atoms with Crippen LogP contribution in [0.25, 0.3) is 0 Å². The maximum atomic E-state index is 13.1. The third kappa shape index (κ3) is 5.07. The van der Waals surface area contributed by atoms with E-state index in [1.165, 1.54) is 30.0 Å². The second-order valence-electron chi connectivity index (χ2n) is 5.77. The molecular formula is C19H17FN2O4S. The fourth-order valence-corrected chi connectivity index (χ4v) is 3.52. The van der Waals surface area contributed by atoms with Crippen LogP contribution in [0.2, 0.25) is 0 Å². The highest BCUT2D eigenvalue weighted by atomic mass is 32.2. The zero-order chi connectivity index (χ0) is 19.2. The number of ether oxygens (including phenoxy) is 1. The third-order valence-corrected chi connectivity index (χ3v) is 4.87. The molecule has 0 saturated heterocycles. The number of nitrogens with zero attached hydrogens (tertiary/aromatic N) is 1. The molecule has 0 aromatic heterocycles. The van der Waals surface area contributed by atoms with Crippen molar-refractivity contribution in [3.8, 4) is 0 Å². The van der Waals surface area contributed by atoms with Crippen LogP contribution in [0.5, 0.6) is 0 Å². The molecule has 0 unspecified atom stereocenters. The number of nitrogens with one attached hydrogen (secondary N) is 1. The van der Waals surface area contributed by atoms with E-state index in [0.29, 0.717) is 5.75 Å². The molecule has 2 aromatic carbocycles. The normalized spacial score (nSPS) is 13.1. The molecule has 2 amide bonds. The Morgan fingerprint density at radius 1 is 1.19 bits per heavy atom. The van der Waals surface area contributed by atoms with E-state index in [-0.39, 0.29) is 24.6 Å². The highest BCUT2D eigenvalue weighted by Crippen LogP contribution is 2.34. The monoisotopic (exact) mass is 388 g/mol. The Morgan fingerprint density at radius 3 is 2.81 bits per heavy atom. The van der Waals surface area contributed by atoms with Gasteiger partial charge in [0.05, 0.1) is 17.9 Å². The number of anilines is 2. The summed E-state index contributed by atoms with van der Waals surface area (Å²) < 4.78 is 18.0. The Balaban J connectivity index is 1.47. The number of carbonyl (C=O) groups excluding carboxylic acids is 3. The lowest BCUT2D eigenvalue weighted by Crippen LogP contribution is -2.37. The van der Waals surface area contributed by atoms with Gasteiger partial charge >= 0.3 is 5.97 Å². The average Bonchev–Trinajstić information content (AvgIpc) is 2.65. The van der Waals surface area contributed by atoms with Crippen LogP contribution in [-0.2, 0) is 19.1 Å². The topological polar surface area (TPSA) is 75.7 Å². The van der Waals surface area contributed by atoms with E-state index in [9.17, 15) is 18.8 Å². The van der Waals surface area contributed by atoms with Crippen molar-refractivity contribution in [1.29, 1.82) is 0 Å². The largest absolute Gasteiger partial charge is 0.456 e. The first kappa shape index (κ1) is 18.9. The predicted octanol–water partition coefficient (Wildman–Crippen LogP) is 2.84. The molecule has 2 aromatic rings. The Bertz CT molecular complexity index is 874. The number of rotatable bonds is 6. The number of para-hydroxylation sites is 1. The highest BCUT2D eigenvalue weighted by Gasteiger charge is 2.24. The van der Waals surface area contributed by atoms with Gasteiger partial charge in [-0.1, -0.05) is 18.2 Å². The minimum atomic E-state index is -0.590. The molecule has 1 aliphatic heterocycles. The van der Waals surface area contributed by atoms with Gasteiger partial charge in [0.2, 0.25) is 5.91 Å². The average molecular weight is 388 g/mol. The number of benzene rings is 2. The number of halogens is 1. The molecule has 0 spiro atoms. The van der Waals surface area contributed by atoms with Gasteiger partial charge in [-0.2, -0.15) is 0 Å². The van der Waals surface area contributed by atoms with Crippen molar-refractivity contribution in [2.75, 3.05) is 29.1 Å². The van der Waals surface area contributed by atoms with E-state index in [2.05, 4.69) is 5.32 Å². The Kier molecular flexibility index (Phi) is 6.08. The molecule has 8 heteroatoms. The van der Waals surface area contributed by atoms with Crippen LogP contribution >= 0.6 is 11.8 Å². The van der Waals surface area contributed by atoms with E-state index in [0.717, 1.165) is 16.6 Å². The number of hydrogen-bond donors (Lipinski definition) is 1. The van der Waals surface area contributed by atoms with Crippen molar-refractivity contribution >= 4 is 40.9 Å². The summed E-state index contributed by atoms with van der Waals surface area (Å²) >= 11 is 1.46. The minimum absolute atomic E-state index is 0.0298. The lowest BCUT2D eigenvalue weighted by Gasteiger charge is -2.28. The summed E-state index contributed by atoms with van der Waals surface area (Å²) in [5, 5.41) is 2.44. The van der Waals surface area contributed by atoms with Gasteiger partial charge in [-0.15, -0.1) is 11.8 Å². The van der Waals surface area contributed by atoms with Gasteiger partial charge in [0.15, 0.2) is 6.61 Å². The van der Waals surface area contributed by atoms with Gasteiger partial charge in [0.25, 0.3) is 5.91 Å². The summed E-state index contributed by atoms with van der Waals surface area (Å²) in [6, 6.07) is 12.9. The van der Waals surface area contributed by atoms with Gasteiger partial charge in [-0.05, 0) is 30.3 Å². The molecule has 0 radical (unpaired) electrons. The van der Waals surface area contributed by atoms with E-state index in [1.807, 2.05) is 24.3 Å². The fraction of sp³-hybridized carbons (Fsp3) is 0.211. The maximum absolute atomic E-state index is 13.1. The van der Waals surface area contributed by atoms with Gasteiger partial charge < -0.3 is 15.0 Å². The molecule has 0 saturated carbocycles. The van der Waals surface area contributed by atoms with Crippen LogP contribution in [0.3, 0.4) is 0 Å². The lowest BCUT2D eigenvalue weighted by molar-refractivity contribution is -0.147. The molecule has 0 aliphatic carbocycles. The summed E-state index contributed by atoms with van der Waals surface area (Å²) in [4.78, 5) is 38.3. The van der Waals surface area contributed by atoms with Gasteiger partial charge in [0.1, 0.15) is 5.82 Å². The summed E-state index contributed by atoms with van der Waals surface area (Å²) in [6.45, 7) is -0.295. The predicted molar refractivity (Wildman–Crippen MR) is 100 cm³/mol. The van der Waals surface area contributed by atoms with E-state index in [1.54, 1.807) is 4.90 Å². The zero-order valence-electron chi connectivity index (χ0n) is 14.3. The quantitative estimate of drug-likeness (QED) is 0.770. The van der Waals surface area contributed by atoms with Crippen LogP contribution < -0.4 is 10.2 Å². The summed E-state index contributed by atoms with van der Waals surface area (Å²) in [5.74, 6) is -1.38. The smallest absolute Gasteiger partial charge is 0.308 e. The maximum Gasteiger partial charge on any atom is 0.308 e. The molecule has 6 nitrogen and oxygen atoms in total. The fourth-order valence-electron chi connectivity index (χ4n) is 2.58. The van der Waals surface area contributed by atoms with Crippen LogP contribution in [0, 0.1) is 5.82 Å². The molecule has 0 bridgehead atoms. The Morgan fingerprint density at radius 2 is 2.00 bits per heavy atom. The van der Waals surface area contributed by atoms with Gasteiger partial charge in [-0.25, -0.2) is 4.39 Å². The van der Waals surface area contributed by atoms with Crippen molar-refractivity contribution in [2.24, 2.45) is 0 Å². The van der Waals surface area contributed by atoms with Crippen molar-refractivity contribution in [1.82, 2.24) is 0 Å². The van der Waals surface area contributed by atoms with Gasteiger partial charge in [0, 0.05) is 17.1 Å². The summed E-state index contributed by atoms with van der Waals surface area (Å²) in [7, 11) is 0. The first-order valence-electron chi connectivity index (χ1n) is 8.26. The molecule has 3 rings (SSSR count). The number of thioether (sulfide) groups is 1. The Labute approximate surface area is 159 Å². The van der Waals surface area contributed by atoms with Crippen LogP contribution in [0.4, 0.5) is 15.8 Å². The van der Waals surface area contributed by atoms with Crippen molar-refractivity contribution in [3.63, 3.8) is 0 Å². The molecule has 140 valence electrons. The standard InChI is InChI=1S/C19H17FN2O4S/c20-13-4-3-5-14(10-13)21-17(23)11-26-19(25)8-9-22-15-6-1-2-7-16(15)27-12-18(22)24/h1-7,10H,8-9,11-12H2,(H,21,23). The van der Waals surface area contributed by atoms with E-state index >= 15 is 0 Å². The third-order valence-electron chi connectivity index (χ3n) is 3.82. The molecular weight excluding hydrogens is 371 g/mol. The Hall–Kier alpha value is -2.87. The first-order chi connectivity index (χ1) is 13.0. The zero-order valence-corrected chi connectivity index (χ0v) is 15.1. The van der Waals surface area contributed by atoms with Crippen LogP contribution in [0.15, 0.2) is 53.4 Å².